The molecule has 33 heavy (non-hydrogen) atoms. The molecular formula is C26H26N6O. The van der Waals surface area contributed by atoms with Gasteiger partial charge in [-0.05, 0) is 16.7 Å². The number of amides is 1. The first-order chi connectivity index (χ1) is 16.2. The number of hydrazine groups is 1. The van der Waals surface area contributed by atoms with Crippen LogP contribution in [0.2, 0.25) is 0 Å². The second kappa shape index (κ2) is 10.8. The zero-order valence-electron chi connectivity index (χ0n) is 18.2. The molecule has 0 aliphatic carbocycles. The molecule has 0 saturated carbocycles. The van der Waals surface area contributed by atoms with E-state index in [1.165, 1.54) is 6.33 Å². The fraction of sp³-hybridized carbons (Fsp3) is 0.115. The number of carbonyl (C=O) groups excluding carboxylic acids is 1. The Kier molecular flexibility index (Phi) is 7.12. The largest absolute Gasteiger partial charge is 0.393 e. The maximum Gasteiger partial charge on any atom is 0.242 e. The highest BCUT2D eigenvalue weighted by Gasteiger charge is 2.17. The Morgan fingerprint density at radius 3 is 1.82 bits per heavy atom. The number of carbonyl (C=O) groups is 1. The van der Waals surface area contributed by atoms with Gasteiger partial charge in [-0.2, -0.15) is 0 Å². The normalized spacial score (nSPS) is 10.4. The van der Waals surface area contributed by atoms with Gasteiger partial charge in [0.2, 0.25) is 5.91 Å². The van der Waals surface area contributed by atoms with E-state index in [1.54, 1.807) is 0 Å². The lowest BCUT2D eigenvalue weighted by molar-refractivity contribution is -0.119. The fourth-order valence-corrected chi connectivity index (χ4v) is 3.51. The van der Waals surface area contributed by atoms with Gasteiger partial charge in [0.15, 0.2) is 11.6 Å². The minimum absolute atomic E-state index is 0.189. The Labute approximate surface area is 193 Å². The van der Waals surface area contributed by atoms with Gasteiger partial charge in [-0.3, -0.25) is 15.6 Å². The van der Waals surface area contributed by atoms with Crippen LogP contribution in [0.1, 0.15) is 16.7 Å². The lowest BCUT2D eigenvalue weighted by Crippen LogP contribution is -2.32. The quantitative estimate of drug-likeness (QED) is 0.343. The summed E-state index contributed by atoms with van der Waals surface area (Å²) in [5.41, 5.74) is 15.5. The highest BCUT2D eigenvalue weighted by Crippen LogP contribution is 2.28. The van der Waals surface area contributed by atoms with Crippen molar-refractivity contribution in [1.29, 1.82) is 0 Å². The van der Waals surface area contributed by atoms with Crippen LogP contribution in [0.3, 0.4) is 0 Å². The summed E-state index contributed by atoms with van der Waals surface area (Å²) in [5, 5.41) is 0. The molecule has 1 amide bonds. The number of hydrogen-bond acceptors (Lipinski definition) is 6. The van der Waals surface area contributed by atoms with Crippen LogP contribution in [-0.2, 0) is 24.3 Å². The zero-order valence-corrected chi connectivity index (χ0v) is 18.2. The van der Waals surface area contributed by atoms with Crippen molar-refractivity contribution < 1.29 is 4.79 Å². The van der Waals surface area contributed by atoms with E-state index >= 15 is 0 Å². The first kappa shape index (κ1) is 21.8. The summed E-state index contributed by atoms with van der Waals surface area (Å²) in [5.74, 6) is 0.760. The summed E-state index contributed by atoms with van der Waals surface area (Å²) < 4.78 is 0. The van der Waals surface area contributed by atoms with E-state index in [1.807, 2.05) is 66.7 Å². The van der Waals surface area contributed by atoms with Crippen molar-refractivity contribution in [1.82, 2.24) is 15.4 Å². The second-order valence-corrected chi connectivity index (χ2v) is 7.62. The molecule has 4 rings (SSSR count). The summed E-state index contributed by atoms with van der Waals surface area (Å²) in [6.07, 6.45) is 1.69. The van der Waals surface area contributed by atoms with Crippen molar-refractivity contribution in [2.75, 3.05) is 16.1 Å². The predicted octanol–water partition coefficient (Wildman–Crippen LogP) is 3.95. The van der Waals surface area contributed by atoms with E-state index in [-0.39, 0.29) is 12.3 Å². The Bertz CT molecular complexity index is 1130. The molecule has 1 heterocycles. The third-order valence-corrected chi connectivity index (χ3v) is 5.12. The lowest BCUT2D eigenvalue weighted by atomic mass is 10.1. The minimum Gasteiger partial charge on any atom is -0.393 e. The maximum absolute atomic E-state index is 12.3. The first-order valence-electron chi connectivity index (χ1n) is 10.7. The molecule has 0 unspecified atom stereocenters. The number of aromatic nitrogens is 2. The van der Waals surface area contributed by atoms with Crippen molar-refractivity contribution in [3.8, 4) is 0 Å². The molecule has 0 aliphatic heterocycles. The van der Waals surface area contributed by atoms with Gasteiger partial charge in [-0.15, -0.1) is 0 Å². The Balaban J connectivity index is 1.52. The number of rotatable bonds is 9. The number of nitrogens with one attached hydrogen (secondary N) is 2. The molecule has 3 aromatic carbocycles. The van der Waals surface area contributed by atoms with Crippen molar-refractivity contribution in [2.24, 2.45) is 0 Å². The number of benzene rings is 3. The Morgan fingerprint density at radius 2 is 1.27 bits per heavy atom. The van der Waals surface area contributed by atoms with Crippen molar-refractivity contribution in [3.63, 3.8) is 0 Å². The van der Waals surface area contributed by atoms with E-state index in [9.17, 15) is 4.79 Å². The molecular weight excluding hydrogens is 412 g/mol. The van der Waals surface area contributed by atoms with Gasteiger partial charge in [0.05, 0.1) is 6.42 Å². The van der Waals surface area contributed by atoms with Gasteiger partial charge in [-0.25, -0.2) is 9.97 Å². The van der Waals surface area contributed by atoms with Crippen LogP contribution < -0.4 is 21.5 Å². The van der Waals surface area contributed by atoms with Crippen LogP contribution in [-0.4, -0.2) is 15.9 Å². The van der Waals surface area contributed by atoms with E-state index < -0.39 is 0 Å². The highest BCUT2D eigenvalue weighted by molar-refractivity contribution is 5.82. The van der Waals surface area contributed by atoms with Crippen molar-refractivity contribution in [2.45, 2.75) is 19.5 Å². The maximum atomic E-state index is 12.3. The van der Waals surface area contributed by atoms with E-state index in [2.05, 4.69) is 50.0 Å². The van der Waals surface area contributed by atoms with Crippen LogP contribution in [0.5, 0.6) is 0 Å². The molecule has 166 valence electrons. The number of hydrogen-bond donors (Lipinski definition) is 3. The van der Waals surface area contributed by atoms with Crippen molar-refractivity contribution in [3.05, 3.63) is 114 Å². The molecule has 0 saturated heterocycles. The number of anilines is 3. The summed E-state index contributed by atoms with van der Waals surface area (Å²) in [6.45, 7) is 1.24. The molecule has 0 radical (unpaired) electrons. The van der Waals surface area contributed by atoms with E-state index in [0.717, 1.165) is 16.7 Å². The van der Waals surface area contributed by atoms with Gasteiger partial charge < -0.3 is 10.6 Å². The van der Waals surface area contributed by atoms with Crippen LogP contribution in [0.15, 0.2) is 97.3 Å². The lowest BCUT2D eigenvalue weighted by Gasteiger charge is -2.26. The smallest absolute Gasteiger partial charge is 0.242 e. The highest BCUT2D eigenvalue weighted by atomic mass is 16.2. The minimum atomic E-state index is -0.189. The topological polar surface area (TPSA) is 96.2 Å². The molecule has 0 atom stereocenters. The zero-order chi connectivity index (χ0) is 22.9. The third kappa shape index (κ3) is 6.07. The fourth-order valence-electron chi connectivity index (χ4n) is 3.51. The van der Waals surface area contributed by atoms with Crippen LogP contribution in [0, 0.1) is 0 Å². The molecule has 1 aromatic heterocycles. The SMILES string of the molecule is Nc1c(NNC(=O)Cc2ccccc2)ncnc1N(Cc1ccccc1)Cc1ccccc1. The van der Waals surface area contributed by atoms with Gasteiger partial charge in [0, 0.05) is 13.1 Å². The average molecular weight is 439 g/mol. The molecule has 0 fully saturated rings. The molecule has 4 N–H and O–H groups in total. The summed E-state index contributed by atoms with van der Waals surface area (Å²) >= 11 is 0. The number of nitrogens with two attached hydrogens (primary N) is 1. The monoisotopic (exact) mass is 438 g/mol. The molecule has 7 heteroatoms. The van der Waals surface area contributed by atoms with Crippen molar-refractivity contribution >= 4 is 23.2 Å². The third-order valence-electron chi connectivity index (χ3n) is 5.12. The summed E-state index contributed by atoms with van der Waals surface area (Å²) in [6, 6.07) is 29.8. The average Bonchev–Trinajstić information content (AvgIpc) is 2.85. The molecule has 7 nitrogen and oxygen atoms in total. The van der Waals surface area contributed by atoms with Gasteiger partial charge in [0.25, 0.3) is 0 Å². The van der Waals surface area contributed by atoms with E-state index in [0.29, 0.717) is 30.4 Å². The molecule has 0 spiro atoms. The van der Waals surface area contributed by atoms with Crippen LogP contribution in [0.25, 0.3) is 0 Å². The molecule has 0 bridgehead atoms. The second-order valence-electron chi connectivity index (χ2n) is 7.62. The molecule has 0 aliphatic rings. The standard InChI is InChI=1S/C26H26N6O/c27-24-25(31-30-23(33)16-20-10-4-1-5-11-20)28-19-29-26(24)32(17-21-12-6-2-7-13-21)18-22-14-8-3-9-15-22/h1-15,19H,16-18,27H2,(H,30,33)(H,28,29,31). The summed E-state index contributed by atoms with van der Waals surface area (Å²) in [7, 11) is 0. The van der Waals surface area contributed by atoms with Crippen LogP contribution in [0.4, 0.5) is 17.3 Å². The Morgan fingerprint density at radius 1 is 0.758 bits per heavy atom. The van der Waals surface area contributed by atoms with Gasteiger partial charge in [-0.1, -0.05) is 91.0 Å². The van der Waals surface area contributed by atoms with Gasteiger partial charge in [0.1, 0.15) is 12.0 Å². The van der Waals surface area contributed by atoms with E-state index in [4.69, 9.17) is 5.73 Å². The number of nitrogens with zero attached hydrogens (tertiary/aromatic N) is 3. The molecule has 4 aromatic rings. The first-order valence-corrected chi connectivity index (χ1v) is 10.7. The Hall–Kier alpha value is -4.39. The summed E-state index contributed by atoms with van der Waals surface area (Å²) in [4.78, 5) is 23.1. The van der Waals surface area contributed by atoms with Gasteiger partial charge >= 0.3 is 0 Å². The van der Waals surface area contributed by atoms with Crippen LogP contribution >= 0.6 is 0 Å². The number of nitrogen functional groups attached to an aromatic ring is 1. The predicted molar refractivity (Wildman–Crippen MR) is 131 cm³/mol.